The van der Waals surface area contributed by atoms with Crippen LogP contribution in [0.1, 0.15) is 57.1 Å². The Hall–Kier alpha value is -3.10. The molecule has 36 heavy (non-hydrogen) atoms. The quantitative estimate of drug-likeness (QED) is 0.138. The number of hydrazine groups is 1. The molecule has 194 valence electrons. The van der Waals surface area contributed by atoms with Crippen molar-refractivity contribution in [3.8, 4) is 0 Å². The first-order chi connectivity index (χ1) is 17.6. The number of halogens is 1. The van der Waals surface area contributed by atoms with Crippen LogP contribution >= 0.6 is 0 Å². The number of aliphatic imine (C=N–C) groups is 2. The maximum atomic E-state index is 13.3. The fourth-order valence-corrected chi connectivity index (χ4v) is 4.06. The van der Waals surface area contributed by atoms with Gasteiger partial charge in [0.05, 0.1) is 18.8 Å². The molecular formula is C28H40FN7. The van der Waals surface area contributed by atoms with E-state index in [9.17, 15) is 4.39 Å². The zero-order valence-electron chi connectivity index (χ0n) is 21.6. The Morgan fingerprint density at radius 1 is 1.31 bits per heavy atom. The Morgan fingerprint density at radius 2 is 2.17 bits per heavy atom. The van der Waals surface area contributed by atoms with Crippen molar-refractivity contribution in [3.05, 3.63) is 71.6 Å². The maximum absolute atomic E-state index is 13.3. The lowest BCUT2D eigenvalue weighted by molar-refractivity contribution is 0.289. The van der Waals surface area contributed by atoms with Crippen LogP contribution in [0.5, 0.6) is 0 Å². The summed E-state index contributed by atoms with van der Waals surface area (Å²) in [6.07, 6.45) is 23.2. The van der Waals surface area contributed by atoms with Gasteiger partial charge in [-0.05, 0) is 64.1 Å². The highest BCUT2D eigenvalue weighted by Gasteiger charge is 2.20. The molecule has 1 unspecified atom stereocenters. The van der Waals surface area contributed by atoms with Crippen molar-refractivity contribution in [1.29, 1.82) is 0 Å². The van der Waals surface area contributed by atoms with E-state index >= 15 is 0 Å². The van der Waals surface area contributed by atoms with Crippen molar-refractivity contribution in [2.24, 2.45) is 15.9 Å². The van der Waals surface area contributed by atoms with Crippen LogP contribution in [0.3, 0.4) is 0 Å². The van der Waals surface area contributed by atoms with Gasteiger partial charge in [0.2, 0.25) is 0 Å². The summed E-state index contributed by atoms with van der Waals surface area (Å²) in [7, 11) is 1.96. The lowest BCUT2D eigenvalue weighted by atomic mass is 9.88. The predicted molar refractivity (Wildman–Crippen MR) is 149 cm³/mol. The Balaban J connectivity index is 1.51. The summed E-state index contributed by atoms with van der Waals surface area (Å²) in [5.74, 6) is 0.0548. The highest BCUT2D eigenvalue weighted by atomic mass is 19.1. The van der Waals surface area contributed by atoms with E-state index < -0.39 is 0 Å². The van der Waals surface area contributed by atoms with Gasteiger partial charge in [0, 0.05) is 54.8 Å². The van der Waals surface area contributed by atoms with Gasteiger partial charge in [-0.3, -0.25) is 14.7 Å². The summed E-state index contributed by atoms with van der Waals surface area (Å²) in [5, 5.41) is 7.74. The summed E-state index contributed by atoms with van der Waals surface area (Å²) in [4.78, 5) is 8.48. The molecule has 1 aromatic heterocycles. The van der Waals surface area contributed by atoms with Crippen LogP contribution < -0.4 is 16.2 Å². The normalized spacial score (nSPS) is 18.3. The molecule has 1 saturated carbocycles. The average molecular weight is 494 g/mol. The third-order valence-electron chi connectivity index (χ3n) is 6.61. The van der Waals surface area contributed by atoms with E-state index in [1.54, 1.807) is 12.3 Å². The molecule has 0 aromatic carbocycles. The fourth-order valence-electron chi connectivity index (χ4n) is 4.06. The third kappa shape index (κ3) is 8.53. The second-order valence-corrected chi connectivity index (χ2v) is 9.18. The molecule has 0 radical (unpaired) electrons. The van der Waals surface area contributed by atoms with E-state index in [2.05, 4.69) is 67.9 Å². The molecular weight excluding hydrogens is 453 g/mol. The van der Waals surface area contributed by atoms with Crippen molar-refractivity contribution in [3.63, 3.8) is 0 Å². The number of aromatic nitrogens is 2. The van der Waals surface area contributed by atoms with Gasteiger partial charge in [0.1, 0.15) is 5.83 Å². The second kappa shape index (κ2) is 15.1. The SMILES string of the molecule is C=N/C=C(\C=N/CCNN/C=C(\C=C\CCNC)c1cnn(C2CCC2)c1)C(C)C1=CC=C(F)CC1. The van der Waals surface area contributed by atoms with Crippen LogP contribution in [-0.2, 0) is 0 Å². The first-order valence-corrected chi connectivity index (χ1v) is 12.9. The molecule has 0 bridgehead atoms. The van der Waals surface area contributed by atoms with E-state index in [1.165, 1.54) is 24.8 Å². The largest absolute Gasteiger partial charge is 0.328 e. The van der Waals surface area contributed by atoms with E-state index in [0.29, 0.717) is 25.6 Å². The van der Waals surface area contributed by atoms with Gasteiger partial charge in [0.15, 0.2) is 0 Å². The molecule has 1 fully saturated rings. The molecule has 3 N–H and O–H groups in total. The molecule has 2 aliphatic carbocycles. The van der Waals surface area contributed by atoms with Crippen LogP contribution in [0.2, 0.25) is 0 Å². The lowest BCUT2D eigenvalue weighted by Crippen LogP contribution is -2.29. The topological polar surface area (TPSA) is 78.6 Å². The summed E-state index contributed by atoms with van der Waals surface area (Å²) in [6, 6.07) is 0.544. The Kier molecular flexibility index (Phi) is 11.5. The van der Waals surface area contributed by atoms with Crippen molar-refractivity contribution in [1.82, 2.24) is 25.9 Å². The highest BCUT2D eigenvalue weighted by molar-refractivity contribution is 5.80. The average Bonchev–Trinajstić information content (AvgIpc) is 3.32. The number of hydrogen-bond donors (Lipinski definition) is 3. The van der Waals surface area contributed by atoms with Crippen LogP contribution in [0.15, 0.2) is 76.1 Å². The van der Waals surface area contributed by atoms with E-state index in [0.717, 1.165) is 36.1 Å². The van der Waals surface area contributed by atoms with Gasteiger partial charge in [-0.15, -0.1) is 0 Å². The van der Waals surface area contributed by atoms with Crippen molar-refractivity contribution >= 4 is 18.5 Å². The van der Waals surface area contributed by atoms with Crippen LogP contribution in [-0.4, -0.2) is 49.4 Å². The van der Waals surface area contributed by atoms with Crippen LogP contribution in [0, 0.1) is 5.92 Å². The predicted octanol–water partition coefficient (Wildman–Crippen LogP) is 5.07. The molecule has 0 spiro atoms. The number of allylic oxidation sites excluding steroid dienone is 7. The van der Waals surface area contributed by atoms with Gasteiger partial charge in [-0.25, -0.2) is 9.82 Å². The van der Waals surface area contributed by atoms with Gasteiger partial charge >= 0.3 is 0 Å². The van der Waals surface area contributed by atoms with Crippen molar-refractivity contribution in [2.45, 2.75) is 51.5 Å². The van der Waals surface area contributed by atoms with Gasteiger partial charge in [0.25, 0.3) is 0 Å². The standard InChI is InChI=1S/C28H40FN7/c1-22(23-10-12-27(29)13-11-23)25(17-31-3)18-32-15-16-33-34-19-24(7-4-5-14-30-2)26-20-35-36(21-26)28-8-6-9-28/h4,7,10,12,17-22,28,30,33-34H,3,5-6,8-9,11,13-16H2,1-2H3/b7-4+,24-19+,25-17+,32-18-. The van der Waals surface area contributed by atoms with Gasteiger partial charge in [-0.1, -0.05) is 30.7 Å². The molecule has 7 nitrogen and oxygen atoms in total. The highest BCUT2D eigenvalue weighted by Crippen LogP contribution is 2.31. The molecule has 2 aliphatic rings. The molecule has 3 rings (SSSR count). The lowest BCUT2D eigenvalue weighted by Gasteiger charge is -2.25. The Labute approximate surface area is 214 Å². The third-order valence-corrected chi connectivity index (χ3v) is 6.61. The van der Waals surface area contributed by atoms with Crippen molar-refractivity contribution < 1.29 is 4.39 Å². The molecule has 1 heterocycles. The minimum atomic E-state index is -0.0663. The summed E-state index contributed by atoms with van der Waals surface area (Å²) in [6.45, 7) is 7.87. The Morgan fingerprint density at radius 3 is 2.86 bits per heavy atom. The van der Waals surface area contributed by atoms with Gasteiger partial charge < -0.3 is 10.7 Å². The monoisotopic (exact) mass is 493 g/mol. The molecule has 1 aromatic rings. The number of hydrogen-bond acceptors (Lipinski definition) is 6. The number of rotatable bonds is 15. The minimum absolute atomic E-state index is 0.0663. The number of nitrogens with zero attached hydrogens (tertiary/aromatic N) is 4. The minimum Gasteiger partial charge on any atom is -0.328 e. The molecule has 0 aliphatic heterocycles. The molecule has 0 saturated heterocycles. The van der Waals surface area contributed by atoms with E-state index in [1.807, 2.05) is 31.7 Å². The fraction of sp³-hybridized carbons (Fsp3) is 0.464. The second-order valence-electron chi connectivity index (χ2n) is 9.18. The van der Waals surface area contributed by atoms with Crippen molar-refractivity contribution in [2.75, 3.05) is 26.7 Å². The Bertz CT molecular complexity index is 1020. The smallest absolute Gasteiger partial charge is 0.100 e. The molecule has 1 atom stereocenters. The summed E-state index contributed by atoms with van der Waals surface area (Å²) in [5.41, 5.74) is 10.7. The summed E-state index contributed by atoms with van der Waals surface area (Å²) < 4.78 is 15.4. The van der Waals surface area contributed by atoms with Gasteiger partial charge in [-0.2, -0.15) is 5.10 Å². The zero-order chi connectivity index (χ0) is 25.6. The van der Waals surface area contributed by atoms with Crippen LogP contribution in [0.25, 0.3) is 5.57 Å². The molecule has 8 heteroatoms. The first-order valence-electron chi connectivity index (χ1n) is 12.9. The molecule has 0 amide bonds. The maximum Gasteiger partial charge on any atom is 0.100 e. The van der Waals surface area contributed by atoms with Crippen LogP contribution in [0.4, 0.5) is 4.39 Å². The van der Waals surface area contributed by atoms with E-state index in [-0.39, 0.29) is 11.7 Å². The summed E-state index contributed by atoms with van der Waals surface area (Å²) >= 11 is 0. The first kappa shape index (κ1) is 27.5. The number of nitrogens with one attached hydrogen (secondary N) is 3. The van der Waals surface area contributed by atoms with E-state index in [4.69, 9.17) is 0 Å². The zero-order valence-corrected chi connectivity index (χ0v) is 21.6.